The van der Waals surface area contributed by atoms with Crippen LogP contribution in [0.2, 0.25) is 0 Å². The van der Waals surface area contributed by atoms with Crippen molar-refractivity contribution in [2.45, 2.75) is 13.1 Å². The maximum Gasteiger partial charge on any atom is 0.435 e. The number of ether oxygens (including phenoxy) is 1. The molecule has 1 amide bonds. The average molecular weight is 423 g/mol. The van der Waals surface area contributed by atoms with Gasteiger partial charge in [-0.05, 0) is 35.0 Å². The predicted octanol–water partition coefficient (Wildman–Crippen LogP) is 4.35. The van der Waals surface area contributed by atoms with Crippen molar-refractivity contribution < 1.29 is 27.5 Å². The summed E-state index contributed by atoms with van der Waals surface area (Å²) in [5.74, 6) is -1.79. The van der Waals surface area contributed by atoms with E-state index in [2.05, 4.69) is 31.0 Å². The number of esters is 1. The van der Waals surface area contributed by atoms with Gasteiger partial charge in [-0.25, -0.2) is 9.78 Å². The highest BCUT2D eigenvalue weighted by Gasteiger charge is 2.40. The van der Waals surface area contributed by atoms with Crippen LogP contribution in [0.3, 0.4) is 0 Å². The number of hydrogen-bond donors (Lipinski definition) is 1. The van der Waals surface area contributed by atoms with Crippen LogP contribution in [0.15, 0.2) is 28.7 Å². The molecule has 2 rings (SSSR count). The Morgan fingerprint density at radius 2 is 2.00 bits per heavy atom. The van der Waals surface area contributed by atoms with Crippen molar-refractivity contribution in [3.8, 4) is 0 Å². The molecular weight excluding hydrogens is 413 g/mol. The third-order valence-electron chi connectivity index (χ3n) is 2.70. The zero-order valence-corrected chi connectivity index (χ0v) is 14.5. The molecule has 0 atom stereocenters. The summed E-state index contributed by atoms with van der Waals surface area (Å²) in [5, 5.41) is 1.92. The first-order chi connectivity index (χ1) is 11.2. The van der Waals surface area contributed by atoms with Crippen LogP contribution in [0.5, 0.6) is 0 Å². The monoisotopic (exact) mass is 422 g/mol. The van der Waals surface area contributed by atoms with E-state index in [0.29, 0.717) is 15.8 Å². The van der Waals surface area contributed by atoms with Crippen LogP contribution in [0.4, 0.5) is 18.3 Å². The van der Waals surface area contributed by atoms with Crippen molar-refractivity contribution in [3.63, 3.8) is 0 Å². The molecule has 0 spiro atoms. The zero-order chi connectivity index (χ0) is 17.9. The molecule has 0 aliphatic rings. The minimum absolute atomic E-state index is 0.0767. The Morgan fingerprint density at radius 3 is 2.58 bits per heavy atom. The van der Waals surface area contributed by atoms with E-state index in [0.717, 1.165) is 0 Å². The molecule has 0 bridgehead atoms. The minimum atomic E-state index is -4.84. The highest BCUT2D eigenvalue weighted by molar-refractivity contribution is 9.10. The van der Waals surface area contributed by atoms with Gasteiger partial charge in [-0.3, -0.25) is 10.1 Å². The summed E-state index contributed by atoms with van der Waals surface area (Å²) in [5.41, 5.74) is -1.16. The van der Waals surface area contributed by atoms with Crippen LogP contribution < -0.4 is 5.32 Å². The van der Waals surface area contributed by atoms with E-state index in [9.17, 15) is 22.8 Å². The molecule has 0 fully saturated rings. The molecule has 0 saturated carbocycles. The molecule has 0 aliphatic carbocycles. The van der Waals surface area contributed by atoms with Crippen LogP contribution >= 0.6 is 27.3 Å². The third-order valence-corrected chi connectivity index (χ3v) is 4.34. The molecule has 2 aromatic rings. The number of nitrogens with one attached hydrogen (secondary N) is 1. The number of alkyl halides is 3. The molecule has 1 heterocycles. The number of carbonyl (C=O) groups excluding carboxylic acids is 2. The molecule has 1 N–H and O–H groups in total. The number of benzene rings is 1. The van der Waals surface area contributed by atoms with E-state index in [1.165, 1.54) is 13.0 Å². The number of aromatic nitrogens is 1. The summed E-state index contributed by atoms with van der Waals surface area (Å²) in [7, 11) is 0. The normalized spacial score (nSPS) is 11.2. The fraction of sp³-hybridized carbons (Fsp3) is 0.214. The van der Waals surface area contributed by atoms with Gasteiger partial charge >= 0.3 is 12.1 Å². The predicted molar refractivity (Wildman–Crippen MR) is 85.2 cm³/mol. The Hall–Kier alpha value is -1.94. The highest BCUT2D eigenvalue weighted by Crippen LogP contribution is 2.36. The van der Waals surface area contributed by atoms with Crippen molar-refractivity contribution in [1.82, 2.24) is 4.98 Å². The van der Waals surface area contributed by atoms with Gasteiger partial charge in [0, 0.05) is 4.47 Å². The molecule has 5 nitrogen and oxygen atoms in total. The second-order valence-electron chi connectivity index (χ2n) is 4.35. The maximum absolute atomic E-state index is 13.0. The van der Waals surface area contributed by atoms with Crippen molar-refractivity contribution >= 4 is 44.3 Å². The van der Waals surface area contributed by atoms with Gasteiger partial charge in [0.05, 0.1) is 12.2 Å². The first-order valence-electron chi connectivity index (χ1n) is 6.55. The number of thiazole rings is 1. The van der Waals surface area contributed by atoms with E-state index in [-0.39, 0.29) is 17.3 Å². The van der Waals surface area contributed by atoms with Crippen LogP contribution in [0.25, 0.3) is 0 Å². The molecule has 0 aliphatic heterocycles. The van der Waals surface area contributed by atoms with Crippen molar-refractivity contribution in [1.29, 1.82) is 0 Å². The fourth-order valence-corrected chi connectivity index (χ4v) is 3.05. The summed E-state index contributed by atoms with van der Waals surface area (Å²) in [6.07, 6.45) is -4.84. The topological polar surface area (TPSA) is 68.3 Å². The van der Waals surface area contributed by atoms with E-state index in [4.69, 9.17) is 0 Å². The summed E-state index contributed by atoms with van der Waals surface area (Å²) in [4.78, 5) is 26.4. The fourth-order valence-electron chi connectivity index (χ4n) is 1.71. The number of carbonyl (C=O) groups is 2. The van der Waals surface area contributed by atoms with Crippen molar-refractivity contribution in [2.75, 3.05) is 11.9 Å². The lowest BCUT2D eigenvalue weighted by molar-refractivity contribution is -0.141. The molecule has 1 aromatic heterocycles. The van der Waals surface area contributed by atoms with Crippen LogP contribution in [-0.4, -0.2) is 23.5 Å². The number of anilines is 1. The Morgan fingerprint density at radius 1 is 1.33 bits per heavy atom. The van der Waals surface area contributed by atoms with Gasteiger partial charge < -0.3 is 4.74 Å². The molecule has 0 radical (unpaired) electrons. The average Bonchev–Trinajstić information content (AvgIpc) is 2.92. The lowest BCUT2D eigenvalue weighted by Gasteiger charge is -2.05. The summed E-state index contributed by atoms with van der Waals surface area (Å²) < 4.78 is 44.1. The Labute approximate surface area is 147 Å². The Balaban J connectivity index is 2.33. The van der Waals surface area contributed by atoms with E-state index < -0.39 is 28.6 Å². The Kier molecular flexibility index (Phi) is 5.60. The molecule has 24 heavy (non-hydrogen) atoms. The lowest BCUT2D eigenvalue weighted by Crippen LogP contribution is -2.14. The van der Waals surface area contributed by atoms with Gasteiger partial charge in [-0.1, -0.05) is 23.5 Å². The van der Waals surface area contributed by atoms with Crippen molar-refractivity contribution in [3.05, 3.63) is 44.9 Å². The van der Waals surface area contributed by atoms with Crippen molar-refractivity contribution in [2.24, 2.45) is 0 Å². The second kappa shape index (κ2) is 7.31. The molecule has 0 unspecified atom stereocenters. The Bertz CT molecular complexity index is 777. The van der Waals surface area contributed by atoms with Gasteiger partial charge in [0.15, 0.2) is 10.8 Å². The summed E-state index contributed by atoms with van der Waals surface area (Å²) in [6.45, 7) is 1.40. The van der Waals surface area contributed by atoms with E-state index >= 15 is 0 Å². The van der Waals surface area contributed by atoms with E-state index in [1.54, 1.807) is 18.2 Å². The molecule has 128 valence electrons. The minimum Gasteiger partial charge on any atom is -0.462 e. The number of nitrogens with zero attached hydrogens (tertiary/aromatic N) is 1. The first-order valence-corrected chi connectivity index (χ1v) is 8.16. The zero-order valence-electron chi connectivity index (χ0n) is 12.1. The summed E-state index contributed by atoms with van der Waals surface area (Å²) in [6, 6.07) is 6.39. The van der Waals surface area contributed by atoms with Crippen LogP contribution in [-0.2, 0) is 10.9 Å². The molecule has 0 saturated heterocycles. The molecule has 10 heteroatoms. The molecular formula is C14H10BrF3N2O3S. The standard InChI is InChI=1S/C14H10BrF3N2O3S/c1-2-23-12(22)9-10(14(16,17)18)19-13(24-9)20-11(21)7-5-3-4-6-8(7)15/h3-6H,2H2,1H3,(H,19,20,21). The SMILES string of the molecule is CCOC(=O)c1sc(NC(=O)c2ccccc2Br)nc1C(F)(F)F. The van der Waals surface area contributed by atoms with Crippen LogP contribution in [0.1, 0.15) is 32.6 Å². The van der Waals surface area contributed by atoms with Gasteiger partial charge in [0.1, 0.15) is 4.88 Å². The maximum atomic E-state index is 13.0. The van der Waals surface area contributed by atoms with Crippen LogP contribution in [0, 0.1) is 0 Å². The van der Waals surface area contributed by atoms with Gasteiger partial charge in [0.25, 0.3) is 5.91 Å². The third kappa shape index (κ3) is 4.12. The lowest BCUT2D eigenvalue weighted by atomic mass is 10.2. The van der Waals surface area contributed by atoms with Gasteiger partial charge in [-0.2, -0.15) is 13.2 Å². The molecule has 1 aromatic carbocycles. The smallest absolute Gasteiger partial charge is 0.435 e. The number of rotatable bonds is 4. The number of amides is 1. The second-order valence-corrected chi connectivity index (χ2v) is 6.20. The van der Waals surface area contributed by atoms with Gasteiger partial charge in [0.2, 0.25) is 0 Å². The summed E-state index contributed by atoms with van der Waals surface area (Å²) >= 11 is 3.58. The number of hydrogen-bond acceptors (Lipinski definition) is 5. The largest absolute Gasteiger partial charge is 0.462 e. The quantitative estimate of drug-likeness (QED) is 0.743. The van der Waals surface area contributed by atoms with Gasteiger partial charge in [-0.15, -0.1) is 0 Å². The first kappa shape index (κ1) is 18.4. The number of halogens is 4. The highest BCUT2D eigenvalue weighted by atomic mass is 79.9. The van der Waals surface area contributed by atoms with E-state index in [1.807, 2.05) is 0 Å².